The first kappa shape index (κ1) is 34.1. The molecule has 0 radical (unpaired) electrons. The van der Waals surface area contributed by atoms with E-state index in [1.807, 2.05) is 0 Å². The van der Waals surface area contributed by atoms with Gasteiger partial charge in [-0.2, -0.15) is 0 Å². The summed E-state index contributed by atoms with van der Waals surface area (Å²) in [6.45, 7) is 0. The second kappa shape index (κ2) is 13.9. The molecule has 0 aliphatic carbocycles. The lowest BCUT2D eigenvalue weighted by Gasteiger charge is -2.28. The Hall–Kier alpha value is -7.94. The summed E-state index contributed by atoms with van der Waals surface area (Å²) in [6.07, 6.45) is 0. The van der Waals surface area contributed by atoms with E-state index in [9.17, 15) is 0 Å². The summed E-state index contributed by atoms with van der Waals surface area (Å²) in [5.74, 6) is 0. The molecule has 0 atom stereocenters. The molecular weight excluding hydrogens is 727 g/mol. The maximum atomic E-state index is 6.90. The third-order valence-electron chi connectivity index (χ3n) is 12.2. The Bertz CT molecular complexity index is 3580. The van der Waals surface area contributed by atoms with Crippen molar-refractivity contribution in [2.75, 3.05) is 4.90 Å². The monoisotopic (exact) mass is 763 g/mol. The average Bonchev–Trinajstić information content (AvgIpc) is 3.72. The van der Waals surface area contributed by atoms with Gasteiger partial charge in [0.05, 0.1) is 16.8 Å². The minimum absolute atomic E-state index is 0.865. The number of hydrogen-bond donors (Lipinski definition) is 0. The highest BCUT2D eigenvalue weighted by Gasteiger charge is 2.24. The van der Waals surface area contributed by atoms with E-state index in [0.717, 1.165) is 50.1 Å². The van der Waals surface area contributed by atoms with E-state index < -0.39 is 0 Å². The molecule has 0 saturated carbocycles. The average molecular weight is 764 g/mol. The molecule has 11 aromatic carbocycles. The molecule has 1 aromatic heterocycles. The molecule has 0 fully saturated rings. The van der Waals surface area contributed by atoms with E-state index in [1.54, 1.807) is 0 Å². The Morgan fingerprint density at radius 3 is 1.68 bits per heavy atom. The summed E-state index contributed by atoms with van der Waals surface area (Å²) in [6, 6.07) is 81.2. The maximum Gasteiger partial charge on any atom is 0.145 e. The van der Waals surface area contributed by atoms with Gasteiger partial charge >= 0.3 is 0 Å². The largest absolute Gasteiger partial charge is 0.455 e. The fourth-order valence-corrected chi connectivity index (χ4v) is 9.41. The predicted octanol–water partition coefficient (Wildman–Crippen LogP) is 16.7. The van der Waals surface area contributed by atoms with Crippen LogP contribution in [0, 0.1) is 0 Å². The van der Waals surface area contributed by atoms with Gasteiger partial charge in [-0.25, -0.2) is 0 Å². The lowest BCUT2D eigenvalue weighted by molar-refractivity contribution is 0.670. The van der Waals surface area contributed by atoms with Crippen molar-refractivity contribution in [1.82, 2.24) is 0 Å². The highest BCUT2D eigenvalue weighted by molar-refractivity contribution is 6.21. The number of rotatable bonds is 6. The van der Waals surface area contributed by atoms with Gasteiger partial charge in [0.25, 0.3) is 0 Å². The van der Waals surface area contributed by atoms with Crippen LogP contribution in [-0.4, -0.2) is 0 Å². The van der Waals surface area contributed by atoms with Crippen LogP contribution < -0.4 is 4.90 Å². The molecule has 60 heavy (non-hydrogen) atoms. The smallest absolute Gasteiger partial charge is 0.145 e. The zero-order chi connectivity index (χ0) is 39.6. The summed E-state index contributed by atoms with van der Waals surface area (Å²) in [7, 11) is 0. The van der Waals surface area contributed by atoms with Crippen molar-refractivity contribution < 1.29 is 4.42 Å². The van der Waals surface area contributed by atoms with Gasteiger partial charge in [-0.05, 0) is 108 Å². The molecule has 0 aliphatic rings. The van der Waals surface area contributed by atoms with Crippen molar-refractivity contribution in [1.29, 1.82) is 0 Å². The molecule has 1 heterocycles. The molecule has 0 unspecified atom stereocenters. The van der Waals surface area contributed by atoms with Crippen molar-refractivity contribution in [3.05, 3.63) is 224 Å². The van der Waals surface area contributed by atoms with Crippen molar-refractivity contribution in [2.24, 2.45) is 0 Å². The molecule has 0 amide bonds. The van der Waals surface area contributed by atoms with Crippen LogP contribution in [0.2, 0.25) is 0 Å². The van der Waals surface area contributed by atoms with Crippen molar-refractivity contribution in [3.63, 3.8) is 0 Å². The van der Waals surface area contributed by atoms with Gasteiger partial charge in [-0.3, -0.25) is 0 Å². The van der Waals surface area contributed by atoms with Crippen LogP contribution in [-0.2, 0) is 0 Å². The SMILES string of the molecule is c1ccc(-c2ccc(-c3ccc(N(c4ccc(-c5cc6ccccc6c6ccccc56)cc4)c4cccc5ccc6ccccc6c45)c4c3oc3ccccc34)cc2)cc1. The Morgan fingerprint density at radius 2 is 0.867 bits per heavy atom. The van der Waals surface area contributed by atoms with E-state index in [2.05, 4.69) is 229 Å². The molecule has 12 rings (SSSR count). The highest BCUT2D eigenvalue weighted by Crippen LogP contribution is 2.49. The number of benzene rings is 11. The third kappa shape index (κ3) is 5.50. The number of anilines is 3. The summed E-state index contributed by atoms with van der Waals surface area (Å²) in [4.78, 5) is 2.45. The van der Waals surface area contributed by atoms with Gasteiger partial charge in [-0.15, -0.1) is 0 Å². The third-order valence-corrected chi connectivity index (χ3v) is 12.2. The van der Waals surface area contributed by atoms with Gasteiger partial charge in [-0.1, -0.05) is 182 Å². The molecule has 280 valence electrons. The maximum absolute atomic E-state index is 6.90. The summed E-state index contributed by atoms with van der Waals surface area (Å²) < 4.78 is 6.90. The van der Waals surface area contributed by atoms with E-state index in [-0.39, 0.29) is 0 Å². The van der Waals surface area contributed by atoms with E-state index in [4.69, 9.17) is 4.42 Å². The Balaban J connectivity index is 1.10. The van der Waals surface area contributed by atoms with Crippen LogP contribution >= 0.6 is 0 Å². The molecule has 0 aliphatic heterocycles. The summed E-state index contributed by atoms with van der Waals surface area (Å²) in [5, 5.41) is 12.0. The minimum Gasteiger partial charge on any atom is -0.455 e. The van der Waals surface area contributed by atoms with Crippen molar-refractivity contribution in [2.45, 2.75) is 0 Å². The predicted molar refractivity (Wildman–Crippen MR) is 255 cm³/mol. The fraction of sp³-hybridized carbons (Fsp3) is 0. The topological polar surface area (TPSA) is 16.4 Å². The minimum atomic E-state index is 0.865. The molecular formula is C58H37NO. The van der Waals surface area contributed by atoms with Crippen molar-refractivity contribution in [3.8, 4) is 33.4 Å². The quantitative estimate of drug-likeness (QED) is 0.157. The van der Waals surface area contributed by atoms with Crippen LogP contribution in [0.5, 0.6) is 0 Å². The molecule has 0 spiro atoms. The molecule has 0 bridgehead atoms. The van der Waals surface area contributed by atoms with E-state index in [0.29, 0.717) is 0 Å². The van der Waals surface area contributed by atoms with Gasteiger partial charge in [0.2, 0.25) is 0 Å². The fourth-order valence-electron chi connectivity index (χ4n) is 9.41. The number of hydrogen-bond acceptors (Lipinski definition) is 2. The highest BCUT2D eigenvalue weighted by atomic mass is 16.3. The zero-order valence-electron chi connectivity index (χ0n) is 32.7. The van der Waals surface area contributed by atoms with E-state index in [1.165, 1.54) is 65.3 Å². The molecule has 2 heteroatoms. The van der Waals surface area contributed by atoms with Gasteiger partial charge in [0, 0.05) is 22.0 Å². The molecule has 12 aromatic rings. The lowest BCUT2D eigenvalue weighted by atomic mass is 9.93. The molecule has 0 N–H and O–H groups in total. The van der Waals surface area contributed by atoms with Gasteiger partial charge < -0.3 is 9.32 Å². The Morgan fingerprint density at radius 1 is 0.300 bits per heavy atom. The number of para-hydroxylation sites is 1. The summed E-state index contributed by atoms with van der Waals surface area (Å²) >= 11 is 0. The zero-order valence-corrected chi connectivity index (χ0v) is 32.7. The second-order valence-electron chi connectivity index (χ2n) is 15.6. The first-order valence-corrected chi connectivity index (χ1v) is 20.6. The van der Waals surface area contributed by atoms with Crippen molar-refractivity contribution >= 4 is 82.1 Å². The van der Waals surface area contributed by atoms with Crippen LogP contribution in [0.3, 0.4) is 0 Å². The number of nitrogens with zero attached hydrogens (tertiary/aromatic N) is 1. The van der Waals surface area contributed by atoms with Crippen LogP contribution in [0.4, 0.5) is 17.1 Å². The molecule has 0 saturated heterocycles. The van der Waals surface area contributed by atoms with Crippen LogP contribution in [0.15, 0.2) is 229 Å². The Labute approximate surface area is 347 Å². The first-order valence-electron chi connectivity index (χ1n) is 20.6. The summed E-state index contributed by atoms with van der Waals surface area (Å²) in [5.41, 5.74) is 11.9. The Kier molecular flexibility index (Phi) is 7.89. The second-order valence-corrected chi connectivity index (χ2v) is 15.6. The van der Waals surface area contributed by atoms with Gasteiger partial charge in [0.15, 0.2) is 0 Å². The standard InChI is InChI=1S/C58H37NO/c1-2-13-38(14-3-1)39-25-27-41(28-26-39)48-35-36-54(57-51-22-10-11-24-55(51)60-58(48)57)59(53-23-12-17-43-30-29-40-15-4-7-19-47(40)56(43)53)45-33-31-42(32-34-45)52-37-44-16-5-6-18-46(44)49-20-8-9-21-50(49)52/h1-37H. The van der Waals surface area contributed by atoms with Crippen LogP contribution in [0.1, 0.15) is 0 Å². The number of furan rings is 1. The van der Waals surface area contributed by atoms with Gasteiger partial charge in [0.1, 0.15) is 11.2 Å². The normalized spacial score (nSPS) is 11.7. The van der Waals surface area contributed by atoms with E-state index >= 15 is 0 Å². The number of fused-ring (bicyclic) bond motifs is 9. The molecule has 2 nitrogen and oxygen atoms in total. The lowest BCUT2D eigenvalue weighted by Crippen LogP contribution is -2.11. The van der Waals surface area contributed by atoms with Crippen LogP contribution in [0.25, 0.3) is 98.4 Å². The first-order chi connectivity index (χ1) is 29.8.